The highest BCUT2D eigenvalue weighted by Gasteiger charge is 2.07. The first-order valence-electron chi connectivity index (χ1n) is 4.92. The van der Waals surface area contributed by atoms with Gasteiger partial charge in [0.1, 0.15) is 6.61 Å². The van der Waals surface area contributed by atoms with Crippen LogP contribution in [0.15, 0.2) is 18.2 Å². The lowest BCUT2D eigenvalue weighted by Gasteiger charge is -2.09. The van der Waals surface area contributed by atoms with Crippen molar-refractivity contribution in [3.8, 4) is 11.5 Å². The molecule has 0 amide bonds. The predicted octanol–water partition coefficient (Wildman–Crippen LogP) is 1.46. The molecule has 0 bridgehead atoms. The standard InChI is InChI=1S/C12H16O4/c1-14-8-10(13)6-9-4-5-11(15-2)12(7-9)16-3/h4-5,7H,6,8H2,1-3H3. The molecule has 16 heavy (non-hydrogen) atoms. The molecule has 0 aliphatic carbocycles. The number of hydrogen-bond acceptors (Lipinski definition) is 4. The van der Waals surface area contributed by atoms with Crippen LogP contribution in [0, 0.1) is 0 Å². The molecule has 1 aromatic carbocycles. The van der Waals surface area contributed by atoms with Crippen LogP contribution in [-0.2, 0) is 16.0 Å². The maximum atomic E-state index is 11.4. The summed E-state index contributed by atoms with van der Waals surface area (Å²) in [7, 11) is 4.65. The Morgan fingerprint density at radius 2 is 1.81 bits per heavy atom. The summed E-state index contributed by atoms with van der Waals surface area (Å²) in [6.07, 6.45) is 0.341. The maximum Gasteiger partial charge on any atom is 0.162 e. The SMILES string of the molecule is COCC(=O)Cc1ccc(OC)c(OC)c1. The van der Waals surface area contributed by atoms with E-state index in [1.54, 1.807) is 26.4 Å². The second-order valence-corrected chi connectivity index (χ2v) is 3.34. The third-order valence-electron chi connectivity index (χ3n) is 2.15. The van der Waals surface area contributed by atoms with Gasteiger partial charge in [-0.2, -0.15) is 0 Å². The van der Waals surface area contributed by atoms with Crippen molar-refractivity contribution in [2.24, 2.45) is 0 Å². The number of hydrogen-bond donors (Lipinski definition) is 0. The van der Waals surface area contributed by atoms with Gasteiger partial charge in [0.25, 0.3) is 0 Å². The molecule has 0 aromatic heterocycles. The highest BCUT2D eigenvalue weighted by molar-refractivity contribution is 5.82. The maximum absolute atomic E-state index is 11.4. The first kappa shape index (κ1) is 12.5. The average molecular weight is 224 g/mol. The van der Waals surface area contributed by atoms with Crippen LogP contribution in [0.2, 0.25) is 0 Å². The smallest absolute Gasteiger partial charge is 0.162 e. The molecule has 0 saturated heterocycles. The molecule has 0 fully saturated rings. The van der Waals surface area contributed by atoms with Crippen LogP contribution < -0.4 is 9.47 Å². The third-order valence-corrected chi connectivity index (χ3v) is 2.15. The van der Waals surface area contributed by atoms with Crippen molar-refractivity contribution < 1.29 is 19.0 Å². The van der Waals surface area contributed by atoms with Gasteiger partial charge in [0.05, 0.1) is 14.2 Å². The first-order valence-corrected chi connectivity index (χ1v) is 4.92. The van der Waals surface area contributed by atoms with E-state index >= 15 is 0 Å². The fourth-order valence-electron chi connectivity index (χ4n) is 1.43. The molecule has 1 rings (SSSR count). The van der Waals surface area contributed by atoms with Gasteiger partial charge in [-0.3, -0.25) is 4.79 Å². The van der Waals surface area contributed by atoms with Crippen LogP contribution in [0.4, 0.5) is 0 Å². The first-order chi connectivity index (χ1) is 7.71. The Balaban J connectivity index is 2.78. The van der Waals surface area contributed by atoms with Gasteiger partial charge in [0.2, 0.25) is 0 Å². The lowest BCUT2D eigenvalue weighted by atomic mass is 10.1. The van der Waals surface area contributed by atoms with Gasteiger partial charge >= 0.3 is 0 Å². The summed E-state index contributed by atoms with van der Waals surface area (Å²) in [5.41, 5.74) is 0.889. The Hall–Kier alpha value is -1.55. The zero-order valence-corrected chi connectivity index (χ0v) is 9.78. The Morgan fingerprint density at radius 1 is 1.12 bits per heavy atom. The summed E-state index contributed by atoms with van der Waals surface area (Å²) >= 11 is 0. The lowest BCUT2D eigenvalue weighted by molar-refractivity contribution is -0.121. The number of Topliss-reactive ketones (excluding diaryl/α,β-unsaturated/α-hetero) is 1. The molecule has 0 saturated carbocycles. The van der Waals surface area contributed by atoms with E-state index in [2.05, 4.69) is 0 Å². The van der Waals surface area contributed by atoms with E-state index < -0.39 is 0 Å². The van der Waals surface area contributed by atoms with Gasteiger partial charge in [0.15, 0.2) is 17.3 Å². The molecule has 0 heterocycles. The van der Waals surface area contributed by atoms with E-state index in [1.807, 2.05) is 6.07 Å². The summed E-state index contributed by atoms with van der Waals surface area (Å²) in [6.45, 7) is 0.133. The fourth-order valence-corrected chi connectivity index (χ4v) is 1.43. The van der Waals surface area contributed by atoms with E-state index in [1.165, 1.54) is 7.11 Å². The minimum absolute atomic E-state index is 0.0368. The number of methoxy groups -OCH3 is 3. The normalized spacial score (nSPS) is 9.94. The van der Waals surface area contributed by atoms with Crippen molar-refractivity contribution >= 4 is 5.78 Å². The zero-order valence-electron chi connectivity index (χ0n) is 9.78. The molecule has 0 radical (unpaired) electrons. The Labute approximate surface area is 95.1 Å². The highest BCUT2D eigenvalue weighted by Crippen LogP contribution is 2.27. The quantitative estimate of drug-likeness (QED) is 0.733. The van der Waals surface area contributed by atoms with E-state index in [-0.39, 0.29) is 12.4 Å². The number of rotatable bonds is 6. The van der Waals surface area contributed by atoms with Crippen LogP contribution >= 0.6 is 0 Å². The molecule has 4 heteroatoms. The minimum Gasteiger partial charge on any atom is -0.493 e. The average Bonchev–Trinajstić information content (AvgIpc) is 2.29. The summed E-state index contributed by atoms with van der Waals surface area (Å²) in [5, 5.41) is 0. The van der Waals surface area contributed by atoms with Gasteiger partial charge in [-0.05, 0) is 17.7 Å². The number of ketones is 1. The lowest BCUT2D eigenvalue weighted by Crippen LogP contribution is -2.09. The van der Waals surface area contributed by atoms with E-state index in [9.17, 15) is 4.79 Å². The van der Waals surface area contributed by atoms with E-state index in [0.717, 1.165) is 5.56 Å². The summed E-state index contributed by atoms with van der Waals surface area (Å²) in [6, 6.07) is 5.43. The molecule has 0 spiro atoms. The Morgan fingerprint density at radius 3 is 2.38 bits per heavy atom. The van der Waals surface area contributed by atoms with Crippen LogP contribution in [-0.4, -0.2) is 33.7 Å². The monoisotopic (exact) mass is 224 g/mol. The van der Waals surface area contributed by atoms with Gasteiger partial charge in [0, 0.05) is 13.5 Å². The molecular formula is C12H16O4. The summed E-state index contributed by atoms with van der Waals surface area (Å²) in [5.74, 6) is 1.32. The second kappa shape index (κ2) is 6.12. The van der Waals surface area contributed by atoms with Crippen molar-refractivity contribution in [1.29, 1.82) is 0 Å². The van der Waals surface area contributed by atoms with Crippen LogP contribution in [0.5, 0.6) is 11.5 Å². The molecule has 0 aliphatic rings. The molecule has 0 N–H and O–H groups in total. The van der Waals surface area contributed by atoms with Crippen molar-refractivity contribution in [2.45, 2.75) is 6.42 Å². The van der Waals surface area contributed by atoms with E-state index in [0.29, 0.717) is 17.9 Å². The van der Waals surface area contributed by atoms with Gasteiger partial charge in [-0.1, -0.05) is 6.07 Å². The summed E-state index contributed by atoms with van der Waals surface area (Å²) < 4.78 is 15.0. The Kier molecular flexibility index (Phi) is 4.79. The molecule has 0 atom stereocenters. The van der Waals surface area contributed by atoms with Crippen molar-refractivity contribution in [2.75, 3.05) is 27.9 Å². The molecule has 88 valence electrons. The number of ether oxygens (including phenoxy) is 3. The van der Waals surface area contributed by atoms with Crippen LogP contribution in [0.25, 0.3) is 0 Å². The minimum atomic E-state index is 0.0368. The van der Waals surface area contributed by atoms with E-state index in [4.69, 9.17) is 14.2 Å². The molecular weight excluding hydrogens is 208 g/mol. The fraction of sp³-hybridized carbons (Fsp3) is 0.417. The Bertz CT molecular complexity index is 360. The molecule has 0 unspecified atom stereocenters. The van der Waals surface area contributed by atoms with Crippen molar-refractivity contribution in [3.63, 3.8) is 0 Å². The van der Waals surface area contributed by atoms with Crippen LogP contribution in [0.3, 0.4) is 0 Å². The number of carbonyl (C=O) groups excluding carboxylic acids is 1. The topological polar surface area (TPSA) is 44.8 Å². The molecule has 1 aromatic rings. The number of carbonyl (C=O) groups is 1. The largest absolute Gasteiger partial charge is 0.493 e. The second-order valence-electron chi connectivity index (χ2n) is 3.34. The molecule has 0 aliphatic heterocycles. The molecule has 4 nitrogen and oxygen atoms in total. The van der Waals surface area contributed by atoms with Gasteiger partial charge < -0.3 is 14.2 Å². The van der Waals surface area contributed by atoms with Gasteiger partial charge in [-0.25, -0.2) is 0 Å². The van der Waals surface area contributed by atoms with Crippen LogP contribution in [0.1, 0.15) is 5.56 Å². The zero-order chi connectivity index (χ0) is 12.0. The van der Waals surface area contributed by atoms with Crippen molar-refractivity contribution in [1.82, 2.24) is 0 Å². The van der Waals surface area contributed by atoms with Gasteiger partial charge in [-0.15, -0.1) is 0 Å². The third kappa shape index (κ3) is 3.24. The number of benzene rings is 1. The van der Waals surface area contributed by atoms with Crippen molar-refractivity contribution in [3.05, 3.63) is 23.8 Å². The predicted molar refractivity (Wildman–Crippen MR) is 60.1 cm³/mol. The summed E-state index contributed by atoms with van der Waals surface area (Å²) in [4.78, 5) is 11.4. The highest BCUT2D eigenvalue weighted by atomic mass is 16.5.